The molecule has 33 heavy (non-hydrogen) atoms. The number of fused-ring (bicyclic) bond motifs is 1. The van der Waals surface area contributed by atoms with E-state index in [4.69, 9.17) is 9.15 Å². The Labute approximate surface area is 198 Å². The van der Waals surface area contributed by atoms with Crippen molar-refractivity contribution in [1.82, 2.24) is 5.32 Å². The van der Waals surface area contributed by atoms with Crippen LogP contribution < -0.4 is 15.5 Å². The first-order valence-corrected chi connectivity index (χ1v) is 10.5. The quantitative estimate of drug-likeness (QED) is 0.268. The fourth-order valence-electron chi connectivity index (χ4n) is 3.53. The average Bonchev–Trinajstić information content (AvgIpc) is 2.84. The van der Waals surface area contributed by atoms with Crippen LogP contribution in [0.3, 0.4) is 0 Å². The summed E-state index contributed by atoms with van der Waals surface area (Å²) in [6.07, 6.45) is 1.06. The molecule has 1 heterocycles. The van der Waals surface area contributed by atoms with E-state index >= 15 is 0 Å². The van der Waals surface area contributed by atoms with E-state index in [1.165, 1.54) is 0 Å². The van der Waals surface area contributed by atoms with E-state index in [1.807, 2.05) is 60.7 Å². The van der Waals surface area contributed by atoms with E-state index in [0.717, 1.165) is 11.1 Å². The lowest BCUT2D eigenvalue weighted by molar-refractivity contribution is 0.107. The number of halogens is 1. The van der Waals surface area contributed by atoms with Gasteiger partial charge >= 0.3 is 0 Å². The average molecular weight is 464 g/mol. The summed E-state index contributed by atoms with van der Waals surface area (Å²) in [6.45, 7) is 4.76. The summed E-state index contributed by atoms with van der Waals surface area (Å²) in [5, 5.41) is 13.6. The van der Waals surface area contributed by atoms with E-state index in [1.54, 1.807) is 24.3 Å². The predicted molar refractivity (Wildman–Crippen MR) is 135 cm³/mol. The van der Waals surface area contributed by atoms with Gasteiger partial charge in [0.15, 0.2) is 0 Å². The highest BCUT2D eigenvalue weighted by Crippen LogP contribution is 2.33. The molecule has 3 aromatic carbocycles. The predicted octanol–water partition coefficient (Wildman–Crippen LogP) is 5.06. The second kappa shape index (κ2) is 11.5. The monoisotopic (exact) mass is 463 g/mol. The maximum absolute atomic E-state index is 13.5. The van der Waals surface area contributed by atoms with Crippen molar-refractivity contribution in [2.45, 2.75) is 6.10 Å². The highest BCUT2D eigenvalue weighted by Gasteiger charge is 2.18. The number of nitrogens with one attached hydrogen (secondary N) is 1. The van der Waals surface area contributed by atoms with Crippen LogP contribution in [-0.4, -0.2) is 30.9 Å². The van der Waals surface area contributed by atoms with Gasteiger partial charge in [-0.05, 0) is 17.7 Å². The van der Waals surface area contributed by atoms with Crippen molar-refractivity contribution in [2.24, 2.45) is 0 Å². The van der Waals surface area contributed by atoms with Crippen LogP contribution in [0.15, 0.2) is 101 Å². The van der Waals surface area contributed by atoms with Crippen molar-refractivity contribution < 1.29 is 14.3 Å². The molecule has 0 amide bonds. The molecule has 0 aliphatic heterocycles. The molecule has 1 aromatic heterocycles. The van der Waals surface area contributed by atoms with E-state index in [0.29, 0.717) is 41.1 Å². The van der Waals surface area contributed by atoms with E-state index in [-0.39, 0.29) is 24.4 Å². The van der Waals surface area contributed by atoms with Crippen molar-refractivity contribution in [3.8, 4) is 28.2 Å². The smallest absolute Gasteiger partial charge is 0.201 e. The number of rotatable bonds is 9. The molecule has 0 bridgehead atoms. The van der Waals surface area contributed by atoms with Crippen LogP contribution >= 0.6 is 12.4 Å². The summed E-state index contributed by atoms with van der Waals surface area (Å²) in [5.41, 5.74) is 2.49. The molecule has 6 heteroatoms. The van der Waals surface area contributed by atoms with Gasteiger partial charge in [0.25, 0.3) is 0 Å². The first kappa shape index (κ1) is 24.3. The van der Waals surface area contributed by atoms with Gasteiger partial charge in [-0.25, -0.2) is 0 Å². The standard InChI is InChI=1S/C27H25NO4.ClH/c1-2-15-28-17-21(29)18-31-22-13-14-23-24(16-22)32-27(20-11-7-4-8-12-20)25(26(23)30)19-9-5-3-6-10-19;/h2-14,16,21,28-29H,1,15,17-18H2;1H. The summed E-state index contributed by atoms with van der Waals surface area (Å²) in [6, 6.07) is 24.2. The van der Waals surface area contributed by atoms with Crippen LogP contribution in [0, 0.1) is 0 Å². The van der Waals surface area contributed by atoms with Gasteiger partial charge in [0.1, 0.15) is 29.8 Å². The van der Waals surface area contributed by atoms with Gasteiger partial charge in [-0.15, -0.1) is 19.0 Å². The topological polar surface area (TPSA) is 71.7 Å². The molecule has 0 fully saturated rings. The van der Waals surface area contributed by atoms with Gasteiger partial charge in [-0.2, -0.15) is 0 Å². The van der Waals surface area contributed by atoms with Gasteiger partial charge in [-0.1, -0.05) is 66.7 Å². The highest BCUT2D eigenvalue weighted by molar-refractivity contribution is 5.89. The second-order valence-electron chi connectivity index (χ2n) is 7.44. The lowest BCUT2D eigenvalue weighted by Gasteiger charge is -2.14. The SMILES string of the molecule is C=CCNCC(O)COc1ccc2c(=O)c(-c3ccccc3)c(-c3ccccc3)oc2c1.Cl. The Morgan fingerprint density at radius 3 is 2.33 bits per heavy atom. The molecule has 1 unspecified atom stereocenters. The van der Waals surface area contributed by atoms with Crippen LogP contribution in [0.5, 0.6) is 5.75 Å². The summed E-state index contributed by atoms with van der Waals surface area (Å²) in [5.74, 6) is 1.04. The van der Waals surface area contributed by atoms with Crippen molar-refractivity contribution >= 4 is 23.4 Å². The van der Waals surface area contributed by atoms with Gasteiger partial charge in [0.2, 0.25) is 5.43 Å². The first-order valence-electron chi connectivity index (χ1n) is 10.5. The Morgan fingerprint density at radius 1 is 1.00 bits per heavy atom. The minimum Gasteiger partial charge on any atom is -0.491 e. The summed E-state index contributed by atoms with van der Waals surface area (Å²) >= 11 is 0. The number of aliphatic hydroxyl groups is 1. The molecule has 2 N–H and O–H groups in total. The van der Waals surface area contributed by atoms with Crippen LogP contribution in [0.1, 0.15) is 0 Å². The lowest BCUT2D eigenvalue weighted by Crippen LogP contribution is -2.31. The van der Waals surface area contributed by atoms with Gasteiger partial charge in [0.05, 0.1) is 10.9 Å². The molecule has 0 aliphatic carbocycles. The summed E-state index contributed by atoms with van der Waals surface area (Å²) in [7, 11) is 0. The summed E-state index contributed by atoms with van der Waals surface area (Å²) < 4.78 is 12.0. The fourth-order valence-corrected chi connectivity index (χ4v) is 3.53. The molecule has 0 spiro atoms. The van der Waals surface area contributed by atoms with Crippen LogP contribution in [-0.2, 0) is 0 Å². The molecule has 4 rings (SSSR count). The van der Waals surface area contributed by atoms with Crippen molar-refractivity contribution in [3.05, 3.63) is 102 Å². The molecule has 0 saturated carbocycles. The molecule has 5 nitrogen and oxygen atoms in total. The van der Waals surface area contributed by atoms with E-state index in [2.05, 4.69) is 11.9 Å². The van der Waals surface area contributed by atoms with Crippen molar-refractivity contribution in [1.29, 1.82) is 0 Å². The van der Waals surface area contributed by atoms with Gasteiger partial charge in [-0.3, -0.25) is 4.79 Å². The van der Waals surface area contributed by atoms with E-state index in [9.17, 15) is 9.90 Å². The van der Waals surface area contributed by atoms with Crippen LogP contribution in [0.4, 0.5) is 0 Å². The second-order valence-corrected chi connectivity index (χ2v) is 7.44. The Morgan fingerprint density at radius 2 is 1.67 bits per heavy atom. The third-order valence-electron chi connectivity index (χ3n) is 5.07. The maximum atomic E-state index is 13.5. The minimum absolute atomic E-state index is 0. The molecule has 0 radical (unpaired) electrons. The first-order chi connectivity index (χ1) is 15.7. The Balaban J connectivity index is 0.00000306. The normalized spacial score (nSPS) is 11.5. The number of aliphatic hydroxyl groups excluding tert-OH is 1. The number of ether oxygens (including phenoxy) is 1. The highest BCUT2D eigenvalue weighted by atomic mass is 35.5. The largest absolute Gasteiger partial charge is 0.491 e. The summed E-state index contributed by atoms with van der Waals surface area (Å²) in [4.78, 5) is 13.5. The molecular weight excluding hydrogens is 438 g/mol. The zero-order valence-corrected chi connectivity index (χ0v) is 18.9. The molecule has 1 atom stereocenters. The van der Waals surface area contributed by atoms with Crippen LogP contribution in [0.2, 0.25) is 0 Å². The fraction of sp³-hybridized carbons (Fsp3) is 0.148. The van der Waals surface area contributed by atoms with Crippen molar-refractivity contribution in [3.63, 3.8) is 0 Å². The third-order valence-corrected chi connectivity index (χ3v) is 5.07. The Kier molecular flexibility index (Phi) is 8.44. The molecule has 0 aliphatic rings. The third kappa shape index (κ3) is 5.71. The number of hydrogen-bond acceptors (Lipinski definition) is 5. The zero-order valence-electron chi connectivity index (χ0n) is 18.1. The number of hydrogen-bond donors (Lipinski definition) is 2. The van der Waals surface area contributed by atoms with Crippen molar-refractivity contribution in [2.75, 3.05) is 19.7 Å². The maximum Gasteiger partial charge on any atom is 0.201 e. The molecule has 4 aromatic rings. The molecular formula is C27H26ClNO4. The van der Waals surface area contributed by atoms with Gasteiger partial charge < -0.3 is 19.6 Å². The lowest BCUT2D eigenvalue weighted by atomic mass is 9.98. The Bertz CT molecular complexity index is 1260. The van der Waals surface area contributed by atoms with E-state index < -0.39 is 6.10 Å². The minimum atomic E-state index is -0.669. The number of benzene rings is 3. The van der Waals surface area contributed by atoms with Crippen LogP contribution in [0.25, 0.3) is 33.4 Å². The molecule has 170 valence electrons. The molecule has 0 saturated heterocycles. The Hall–Kier alpha value is -3.38. The van der Waals surface area contributed by atoms with Gasteiger partial charge in [0, 0.05) is 24.7 Å². The zero-order chi connectivity index (χ0) is 22.3.